The zero-order chi connectivity index (χ0) is 20.8. The van der Waals surface area contributed by atoms with Gasteiger partial charge in [0.15, 0.2) is 16.2 Å². The van der Waals surface area contributed by atoms with Crippen LogP contribution >= 0.6 is 0 Å². The summed E-state index contributed by atoms with van der Waals surface area (Å²) in [5.74, 6) is -3.94. The molecule has 4 saturated carbocycles. The summed E-state index contributed by atoms with van der Waals surface area (Å²) in [6, 6.07) is 0. The maximum atomic E-state index is 12.8. The van der Waals surface area contributed by atoms with Gasteiger partial charge in [-0.05, 0) is 63.2 Å². The molecule has 4 aliphatic rings. The molecular formula is C16H23F4NaO6S-. The minimum atomic E-state index is -6.57. The van der Waals surface area contributed by atoms with Crippen molar-refractivity contribution in [1.82, 2.24) is 0 Å². The van der Waals surface area contributed by atoms with Crippen LogP contribution in [0, 0.1) is 17.8 Å². The summed E-state index contributed by atoms with van der Waals surface area (Å²) in [6.07, 6.45) is 4.92. The summed E-state index contributed by atoms with van der Waals surface area (Å²) in [5.41, 5.74) is -0.200. The standard InChI is InChI=1S/C10H16O.C6H8F4O5S.Na/c11-10-4-7-1-8(5-10)3-9(2-7)6-10;1-3(15-4(2)11)5(7,8)6(9,10)16(12,13)14;/h7-9,11H,1-6H2;3H,1-2H3,(H,12,13,14);/p-1. The van der Waals surface area contributed by atoms with E-state index >= 15 is 0 Å². The molecule has 0 aromatic heterocycles. The van der Waals surface area contributed by atoms with Crippen molar-refractivity contribution in [3.63, 3.8) is 0 Å². The zero-order valence-electron chi connectivity index (χ0n) is 16.0. The van der Waals surface area contributed by atoms with E-state index in [9.17, 15) is 40.4 Å². The van der Waals surface area contributed by atoms with Crippen LogP contribution in [0.4, 0.5) is 17.6 Å². The van der Waals surface area contributed by atoms with Crippen LogP contribution < -0.4 is 0 Å². The average molecular weight is 442 g/mol. The summed E-state index contributed by atoms with van der Waals surface area (Å²) in [4.78, 5) is 10.2. The average Bonchev–Trinajstić information content (AvgIpc) is 2.42. The van der Waals surface area contributed by atoms with Crippen LogP contribution in [0.3, 0.4) is 0 Å². The molecule has 1 atom stereocenters. The molecule has 0 amide bonds. The van der Waals surface area contributed by atoms with Gasteiger partial charge in [-0.25, -0.2) is 8.42 Å². The molecule has 4 fully saturated rings. The predicted molar refractivity (Wildman–Crippen MR) is 89.7 cm³/mol. The Bertz CT molecular complexity index is 649. The van der Waals surface area contributed by atoms with Gasteiger partial charge in [0, 0.05) is 36.5 Å². The van der Waals surface area contributed by atoms with Crippen molar-refractivity contribution in [2.75, 3.05) is 0 Å². The fraction of sp³-hybridized carbons (Fsp3) is 0.938. The molecule has 0 aromatic rings. The number of rotatable bonds is 4. The maximum Gasteiger partial charge on any atom is 0.400 e. The first-order valence-corrected chi connectivity index (χ1v) is 10.1. The summed E-state index contributed by atoms with van der Waals surface area (Å²) in [5, 5.41) is 4.25. The van der Waals surface area contributed by atoms with Gasteiger partial charge in [-0.1, -0.05) is 0 Å². The number of carbonyl (C=O) groups is 1. The van der Waals surface area contributed by atoms with E-state index in [0.717, 1.165) is 37.0 Å². The van der Waals surface area contributed by atoms with Crippen molar-refractivity contribution >= 4 is 45.6 Å². The Hall–Kier alpha value is 0.0600. The van der Waals surface area contributed by atoms with Crippen molar-refractivity contribution < 1.29 is 45.2 Å². The minimum Gasteiger partial charge on any atom is -0.743 e. The molecule has 4 aliphatic carbocycles. The Labute approximate surface area is 183 Å². The molecule has 4 bridgehead atoms. The van der Waals surface area contributed by atoms with E-state index in [2.05, 4.69) is 4.74 Å². The Morgan fingerprint density at radius 1 is 1.11 bits per heavy atom. The number of hydrogen-bond donors (Lipinski definition) is 1. The predicted octanol–water partition coefficient (Wildman–Crippen LogP) is 2.28. The summed E-state index contributed by atoms with van der Waals surface area (Å²) in [7, 11) is -6.57. The van der Waals surface area contributed by atoms with Crippen LogP contribution in [0.1, 0.15) is 52.4 Å². The summed E-state index contributed by atoms with van der Waals surface area (Å²) >= 11 is 0. The second kappa shape index (κ2) is 8.66. The van der Waals surface area contributed by atoms with Gasteiger partial charge in [0.1, 0.15) is 0 Å². The third-order valence-electron chi connectivity index (χ3n) is 5.56. The van der Waals surface area contributed by atoms with E-state index in [4.69, 9.17) is 0 Å². The van der Waals surface area contributed by atoms with E-state index in [-0.39, 0.29) is 35.2 Å². The molecule has 0 saturated heterocycles. The van der Waals surface area contributed by atoms with Crippen LogP contribution in [0.2, 0.25) is 0 Å². The molecular weight excluding hydrogens is 419 g/mol. The molecule has 0 heterocycles. The molecule has 1 unspecified atom stereocenters. The Morgan fingerprint density at radius 2 is 1.46 bits per heavy atom. The Balaban J connectivity index is 0.000000282. The molecule has 0 aromatic carbocycles. The quantitative estimate of drug-likeness (QED) is 0.310. The van der Waals surface area contributed by atoms with E-state index < -0.39 is 33.4 Å². The molecule has 1 N–H and O–H groups in total. The Kier molecular flexibility index (Phi) is 8.07. The van der Waals surface area contributed by atoms with Gasteiger partial charge < -0.3 is 14.4 Å². The third-order valence-corrected chi connectivity index (χ3v) is 6.46. The number of ether oxygens (including phenoxy) is 1. The molecule has 12 heteroatoms. The van der Waals surface area contributed by atoms with E-state index in [1.807, 2.05) is 0 Å². The van der Waals surface area contributed by atoms with Gasteiger partial charge in [-0.3, -0.25) is 4.79 Å². The number of esters is 1. The number of aliphatic hydroxyl groups is 1. The molecule has 0 spiro atoms. The molecule has 4 rings (SSSR count). The number of halogens is 4. The van der Waals surface area contributed by atoms with Crippen molar-refractivity contribution in [2.24, 2.45) is 17.8 Å². The minimum absolute atomic E-state index is 0. The van der Waals surface area contributed by atoms with E-state index in [1.54, 1.807) is 0 Å². The van der Waals surface area contributed by atoms with Gasteiger partial charge in [0.2, 0.25) is 0 Å². The molecule has 1 radical (unpaired) electrons. The second-order valence-corrected chi connectivity index (χ2v) is 9.41. The number of alkyl halides is 4. The van der Waals surface area contributed by atoms with Crippen LogP contribution in [-0.4, -0.2) is 76.5 Å². The topological polar surface area (TPSA) is 104 Å². The first-order valence-electron chi connectivity index (χ1n) is 8.68. The van der Waals surface area contributed by atoms with E-state index in [0.29, 0.717) is 13.8 Å². The van der Waals surface area contributed by atoms with Crippen molar-refractivity contribution in [3.8, 4) is 0 Å². The summed E-state index contributed by atoms with van der Waals surface area (Å²) in [6.45, 7) is 1.01. The first-order chi connectivity index (χ1) is 12.1. The molecule has 0 aliphatic heterocycles. The van der Waals surface area contributed by atoms with Crippen LogP contribution in [0.5, 0.6) is 0 Å². The van der Waals surface area contributed by atoms with Crippen molar-refractivity contribution in [2.45, 2.75) is 75.3 Å². The fourth-order valence-corrected chi connectivity index (χ4v) is 5.29. The van der Waals surface area contributed by atoms with E-state index in [1.165, 1.54) is 19.3 Å². The van der Waals surface area contributed by atoms with Gasteiger partial charge >= 0.3 is 17.1 Å². The Morgan fingerprint density at radius 3 is 1.71 bits per heavy atom. The van der Waals surface area contributed by atoms with Gasteiger partial charge in [0.05, 0.1) is 5.60 Å². The molecule has 159 valence electrons. The first kappa shape index (κ1) is 26.1. The monoisotopic (exact) mass is 442 g/mol. The second-order valence-electron chi connectivity index (χ2n) is 7.99. The SMILES string of the molecule is CC(=O)OC(C)C(F)(F)C(F)(F)S(=O)(=O)[O-].OC12CC3CC(CC(C3)C1)C2.[Na]. The molecule has 28 heavy (non-hydrogen) atoms. The van der Waals surface area contributed by atoms with Crippen LogP contribution in [0.25, 0.3) is 0 Å². The normalized spacial score (nSPS) is 32.6. The zero-order valence-corrected chi connectivity index (χ0v) is 18.8. The van der Waals surface area contributed by atoms with Gasteiger partial charge in [-0.2, -0.15) is 17.6 Å². The number of hydrogen-bond acceptors (Lipinski definition) is 6. The van der Waals surface area contributed by atoms with Crippen molar-refractivity contribution in [3.05, 3.63) is 0 Å². The fourth-order valence-electron chi connectivity index (χ4n) is 4.79. The largest absolute Gasteiger partial charge is 0.743 e. The van der Waals surface area contributed by atoms with Crippen LogP contribution in [-0.2, 0) is 19.6 Å². The maximum absolute atomic E-state index is 12.8. The molecule has 6 nitrogen and oxygen atoms in total. The van der Waals surface area contributed by atoms with Gasteiger partial charge in [-0.15, -0.1) is 0 Å². The number of carbonyl (C=O) groups excluding carboxylic acids is 1. The van der Waals surface area contributed by atoms with Crippen LogP contribution in [0.15, 0.2) is 0 Å². The van der Waals surface area contributed by atoms with Crippen molar-refractivity contribution in [1.29, 1.82) is 0 Å². The smallest absolute Gasteiger partial charge is 0.400 e. The van der Waals surface area contributed by atoms with Gasteiger partial charge in [0.25, 0.3) is 0 Å². The third kappa shape index (κ3) is 5.40. The summed E-state index contributed by atoms with van der Waals surface area (Å²) < 4.78 is 84.4.